The summed E-state index contributed by atoms with van der Waals surface area (Å²) in [6.07, 6.45) is 0. The van der Waals surface area contributed by atoms with Crippen molar-refractivity contribution in [1.29, 1.82) is 0 Å². The molecular weight excluding hydrogens is 252 g/mol. The number of aliphatic imine (C=N–C) groups is 1. The zero-order valence-corrected chi connectivity index (χ0v) is 10.9. The molecular formula is C15H16N4O. The summed E-state index contributed by atoms with van der Waals surface area (Å²) < 4.78 is 0. The van der Waals surface area contributed by atoms with E-state index in [0.29, 0.717) is 17.8 Å². The molecule has 0 bridgehead atoms. The Morgan fingerprint density at radius 1 is 1.05 bits per heavy atom. The smallest absolute Gasteiger partial charge is 0.248 e. The van der Waals surface area contributed by atoms with Crippen LogP contribution in [-0.4, -0.2) is 11.9 Å². The van der Waals surface area contributed by atoms with Crippen LogP contribution in [0.3, 0.4) is 0 Å². The van der Waals surface area contributed by atoms with Crippen molar-refractivity contribution in [3.63, 3.8) is 0 Å². The second kappa shape index (κ2) is 6.38. The molecule has 0 aliphatic rings. The van der Waals surface area contributed by atoms with Crippen molar-refractivity contribution in [3.8, 4) is 0 Å². The molecule has 102 valence electrons. The van der Waals surface area contributed by atoms with E-state index in [0.717, 1.165) is 5.56 Å². The zero-order chi connectivity index (χ0) is 14.4. The number of amides is 1. The first kappa shape index (κ1) is 13.6. The summed E-state index contributed by atoms with van der Waals surface area (Å²) in [5.41, 5.74) is 13.2. The van der Waals surface area contributed by atoms with Crippen LogP contribution in [0.25, 0.3) is 0 Å². The fourth-order valence-corrected chi connectivity index (χ4v) is 1.70. The summed E-state index contributed by atoms with van der Waals surface area (Å²) in [6, 6.07) is 16.6. The Bertz CT molecular complexity index is 623. The van der Waals surface area contributed by atoms with Crippen LogP contribution >= 0.6 is 0 Å². The van der Waals surface area contributed by atoms with E-state index in [4.69, 9.17) is 11.5 Å². The molecule has 2 rings (SSSR count). The first-order valence-electron chi connectivity index (χ1n) is 6.16. The number of primary amides is 1. The second-order valence-corrected chi connectivity index (χ2v) is 4.26. The van der Waals surface area contributed by atoms with Gasteiger partial charge in [0.2, 0.25) is 5.91 Å². The van der Waals surface area contributed by atoms with Gasteiger partial charge in [0.15, 0.2) is 5.96 Å². The summed E-state index contributed by atoms with van der Waals surface area (Å²) in [6.45, 7) is 0.495. The molecule has 0 aliphatic carbocycles. The maximum absolute atomic E-state index is 11.1. The minimum Gasteiger partial charge on any atom is -0.370 e. The topological polar surface area (TPSA) is 93.5 Å². The Kier molecular flexibility index (Phi) is 4.34. The van der Waals surface area contributed by atoms with E-state index in [2.05, 4.69) is 10.3 Å². The number of nitrogens with two attached hydrogens (primary N) is 2. The summed E-state index contributed by atoms with van der Waals surface area (Å²) >= 11 is 0. The Morgan fingerprint density at radius 2 is 1.80 bits per heavy atom. The van der Waals surface area contributed by atoms with Crippen molar-refractivity contribution in [2.24, 2.45) is 16.5 Å². The van der Waals surface area contributed by atoms with E-state index >= 15 is 0 Å². The quantitative estimate of drug-likeness (QED) is 0.582. The lowest BCUT2D eigenvalue weighted by atomic mass is 10.2. The van der Waals surface area contributed by atoms with E-state index in [1.165, 1.54) is 0 Å². The van der Waals surface area contributed by atoms with Crippen LogP contribution in [-0.2, 0) is 6.54 Å². The molecule has 1 amide bonds. The first-order chi connectivity index (χ1) is 9.65. The number of carbonyl (C=O) groups excluding carboxylic acids is 1. The first-order valence-corrected chi connectivity index (χ1v) is 6.16. The van der Waals surface area contributed by atoms with Gasteiger partial charge in [0.05, 0.1) is 6.54 Å². The van der Waals surface area contributed by atoms with Crippen molar-refractivity contribution < 1.29 is 4.79 Å². The van der Waals surface area contributed by atoms with Gasteiger partial charge < -0.3 is 16.8 Å². The van der Waals surface area contributed by atoms with Crippen LogP contribution in [0.5, 0.6) is 0 Å². The van der Waals surface area contributed by atoms with E-state index in [9.17, 15) is 4.79 Å². The monoisotopic (exact) mass is 268 g/mol. The maximum Gasteiger partial charge on any atom is 0.248 e. The van der Waals surface area contributed by atoms with Crippen LogP contribution in [0.2, 0.25) is 0 Å². The third-order valence-corrected chi connectivity index (χ3v) is 2.69. The molecule has 0 saturated heterocycles. The Labute approximate surface area is 117 Å². The summed E-state index contributed by atoms with van der Waals surface area (Å²) in [7, 11) is 0. The highest BCUT2D eigenvalue weighted by Gasteiger charge is 2.01. The Morgan fingerprint density at radius 3 is 2.50 bits per heavy atom. The predicted molar refractivity (Wildman–Crippen MR) is 80.4 cm³/mol. The highest BCUT2D eigenvalue weighted by atomic mass is 16.1. The number of guanidine groups is 1. The van der Waals surface area contributed by atoms with Gasteiger partial charge in [-0.25, -0.2) is 4.99 Å². The van der Waals surface area contributed by atoms with E-state index in [-0.39, 0.29) is 5.96 Å². The molecule has 5 nitrogen and oxygen atoms in total. The molecule has 0 saturated carbocycles. The SMILES string of the molecule is NC(=O)c1cccc(NC(N)=NCc2ccccc2)c1. The van der Waals surface area contributed by atoms with Gasteiger partial charge in [-0.2, -0.15) is 0 Å². The number of nitrogens with zero attached hydrogens (tertiary/aromatic N) is 1. The predicted octanol–water partition coefficient (Wildman–Crippen LogP) is 1.71. The Balaban J connectivity index is 2.02. The molecule has 0 heterocycles. The highest BCUT2D eigenvalue weighted by Crippen LogP contribution is 2.10. The average Bonchev–Trinajstić information content (AvgIpc) is 2.46. The third-order valence-electron chi connectivity index (χ3n) is 2.69. The van der Waals surface area contributed by atoms with E-state index in [1.54, 1.807) is 24.3 Å². The van der Waals surface area contributed by atoms with Crippen molar-refractivity contribution in [1.82, 2.24) is 0 Å². The minimum atomic E-state index is -0.478. The fraction of sp³-hybridized carbons (Fsp3) is 0.0667. The van der Waals surface area contributed by atoms with Crippen LogP contribution in [0.15, 0.2) is 59.6 Å². The van der Waals surface area contributed by atoms with Crippen molar-refractivity contribution in [2.75, 3.05) is 5.32 Å². The average molecular weight is 268 g/mol. The van der Waals surface area contributed by atoms with Gasteiger partial charge in [-0.05, 0) is 23.8 Å². The van der Waals surface area contributed by atoms with Gasteiger partial charge in [0.25, 0.3) is 0 Å². The molecule has 0 aliphatic heterocycles. The summed E-state index contributed by atoms with van der Waals surface area (Å²) in [5.74, 6) is -0.191. The number of hydrogen-bond acceptors (Lipinski definition) is 2. The number of benzene rings is 2. The van der Waals surface area contributed by atoms with Crippen LogP contribution in [0, 0.1) is 0 Å². The number of anilines is 1. The number of nitrogens with one attached hydrogen (secondary N) is 1. The lowest BCUT2D eigenvalue weighted by Crippen LogP contribution is -2.23. The van der Waals surface area contributed by atoms with Gasteiger partial charge in [-0.3, -0.25) is 4.79 Å². The number of carbonyl (C=O) groups is 1. The zero-order valence-electron chi connectivity index (χ0n) is 10.9. The van der Waals surface area contributed by atoms with Gasteiger partial charge >= 0.3 is 0 Å². The van der Waals surface area contributed by atoms with Gasteiger partial charge in [0, 0.05) is 11.3 Å². The molecule has 0 fully saturated rings. The molecule has 0 radical (unpaired) electrons. The van der Waals surface area contributed by atoms with E-state index < -0.39 is 5.91 Å². The highest BCUT2D eigenvalue weighted by molar-refractivity contribution is 5.96. The van der Waals surface area contributed by atoms with Crippen molar-refractivity contribution >= 4 is 17.6 Å². The Hall–Kier alpha value is -2.82. The molecule has 5 heteroatoms. The number of hydrogen-bond donors (Lipinski definition) is 3. The van der Waals surface area contributed by atoms with Crippen molar-refractivity contribution in [2.45, 2.75) is 6.54 Å². The van der Waals surface area contributed by atoms with Crippen LogP contribution < -0.4 is 16.8 Å². The number of rotatable bonds is 4. The summed E-state index contributed by atoms with van der Waals surface area (Å²) in [4.78, 5) is 15.3. The van der Waals surface area contributed by atoms with E-state index in [1.807, 2.05) is 30.3 Å². The molecule has 0 spiro atoms. The molecule has 2 aromatic carbocycles. The van der Waals surface area contributed by atoms with Crippen molar-refractivity contribution in [3.05, 3.63) is 65.7 Å². The molecule has 0 unspecified atom stereocenters. The van der Waals surface area contributed by atoms with Gasteiger partial charge in [0.1, 0.15) is 0 Å². The van der Waals surface area contributed by atoms with Gasteiger partial charge in [-0.15, -0.1) is 0 Å². The summed E-state index contributed by atoms with van der Waals surface area (Å²) in [5, 5.41) is 2.93. The maximum atomic E-state index is 11.1. The standard InChI is InChI=1S/C15H16N4O/c16-14(20)12-7-4-8-13(9-12)19-15(17)18-10-11-5-2-1-3-6-11/h1-9H,10H2,(H2,16,20)(H3,17,18,19). The normalized spacial score (nSPS) is 11.1. The third kappa shape index (κ3) is 3.84. The van der Waals surface area contributed by atoms with Crippen LogP contribution in [0.4, 0.5) is 5.69 Å². The molecule has 5 N–H and O–H groups in total. The lowest BCUT2D eigenvalue weighted by molar-refractivity contribution is 0.100. The molecule has 20 heavy (non-hydrogen) atoms. The van der Waals surface area contributed by atoms with Gasteiger partial charge in [-0.1, -0.05) is 36.4 Å². The molecule has 0 atom stereocenters. The minimum absolute atomic E-state index is 0.287. The fourth-order valence-electron chi connectivity index (χ4n) is 1.70. The molecule has 2 aromatic rings. The second-order valence-electron chi connectivity index (χ2n) is 4.26. The molecule has 0 aromatic heterocycles. The van der Waals surface area contributed by atoms with Crippen LogP contribution in [0.1, 0.15) is 15.9 Å². The lowest BCUT2D eigenvalue weighted by Gasteiger charge is -2.06. The largest absolute Gasteiger partial charge is 0.370 e.